The summed E-state index contributed by atoms with van der Waals surface area (Å²) in [6.45, 7) is 0. The van der Waals surface area contributed by atoms with Crippen molar-refractivity contribution in [1.29, 1.82) is 0 Å². The van der Waals surface area contributed by atoms with E-state index in [-0.39, 0.29) is 5.91 Å². The molecule has 3 heteroatoms. The molecule has 0 aliphatic carbocycles. The van der Waals surface area contributed by atoms with E-state index in [9.17, 15) is 4.79 Å². The highest BCUT2D eigenvalue weighted by Gasteiger charge is 2.25. The molecule has 3 aromatic rings. The highest BCUT2D eigenvalue weighted by molar-refractivity contribution is 6.35. The molecule has 0 radical (unpaired) electrons. The SMILES string of the molecule is O=C(c1ccccc1Cl)N1c2ccccc2C=Cc2ccccc21. The summed E-state index contributed by atoms with van der Waals surface area (Å²) in [5.74, 6) is -0.135. The Kier molecular flexibility index (Phi) is 3.68. The second-order valence-corrected chi connectivity index (χ2v) is 5.98. The number of hydrogen-bond acceptors (Lipinski definition) is 1. The first-order valence-corrected chi connectivity index (χ1v) is 8.08. The molecule has 0 spiro atoms. The molecule has 0 saturated carbocycles. The average Bonchev–Trinajstić information content (AvgIpc) is 2.78. The van der Waals surface area contributed by atoms with Crippen LogP contribution in [0.25, 0.3) is 12.2 Å². The van der Waals surface area contributed by atoms with Crippen LogP contribution < -0.4 is 4.90 Å². The predicted molar refractivity (Wildman–Crippen MR) is 99.7 cm³/mol. The molecule has 116 valence electrons. The van der Waals surface area contributed by atoms with Gasteiger partial charge in [0.25, 0.3) is 5.91 Å². The third-order valence-electron chi connectivity index (χ3n) is 4.11. The minimum atomic E-state index is -0.135. The normalized spacial score (nSPS) is 12.3. The van der Waals surface area contributed by atoms with Crippen molar-refractivity contribution in [2.75, 3.05) is 4.90 Å². The molecule has 0 fully saturated rings. The lowest BCUT2D eigenvalue weighted by Gasteiger charge is -2.25. The Bertz CT molecular complexity index is 912. The summed E-state index contributed by atoms with van der Waals surface area (Å²) in [7, 11) is 0. The second-order valence-electron chi connectivity index (χ2n) is 5.57. The van der Waals surface area contributed by atoms with Crippen molar-refractivity contribution >= 4 is 41.0 Å². The third-order valence-corrected chi connectivity index (χ3v) is 4.43. The maximum atomic E-state index is 13.3. The van der Waals surface area contributed by atoms with E-state index in [1.807, 2.05) is 72.8 Å². The van der Waals surface area contributed by atoms with Gasteiger partial charge in [0.05, 0.1) is 22.0 Å². The Balaban J connectivity index is 1.96. The quantitative estimate of drug-likeness (QED) is 0.551. The van der Waals surface area contributed by atoms with Gasteiger partial charge in [-0.25, -0.2) is 0 Å². The van der Waals surface area contributed by atoms with Crippen molar-refractivity contribution in [1.82, 2.24) is 0 Å². The minimum absolute atomic E-state index is 0.135. The summed E-state index contributed by atoms with van der Waals surface area (Å²) < 4.78 is 0. The van der Waals surface area contributed by atoms with Gasteiger partial charge in [0.1, 0.15) is 0 Å². The van der Waals surface area contributed by atoms with Gasteiger partial charge in [0.15, 0.2) is 0 Å². The molecule has 3 aromatic carbocycles. The van der Waals surface area contributed by atoms with Crippen molar-refractivity contribution < 1.29 is 4.79 Å². The van der Waals surface area contributed by atoms with Gasteiger partial charge < -0.3 is 0 Å². The van der Waals surface area contributed by atoms with Crippen molar-refractivity contribution in [3.8, 4) is 0 Å². The minimum Gasteiger partial charge on any atom is -0.276 e. The lowest BCUT2D eigenvalue weighted by atomic mass is 10.1. The molecular weight excluding hydrogens is 318 g/mol. The Morgan fingerprint density at radius 2 is 1.21 bits per heavy atom. The van der Waals surface area contributed by atoms with E-state index in [1.54, 1.807) is 17.0 Å². The lowest BCUT2D eigenvalue weighted by Crippen LogP contribution is -2.27. The topological polar surface area (TPSA) is 20.3 Å². The Hall–Kier alpha value is -2.84. The van der Waals surface area contributed by atoms with Crippen molar-refractivity contribution in [2.24, 2.45) is 0 Å². The maximum Gasteiger partial charge on any atom is 0.264 e. The first-order valence-electron chi connectivity index (χ1n) is 7.71. The number of carbonyl (C=O) groups is 1. The van der Waals surface area contributed by atoms with Gasteiger partial charge in [-0.3, -0.25) is 9.69 Å². The molecule has 0 N–H and O–H groups in total. The van der Waals surface area contributed by atoms with Crippen molar-refractivity contribution in [2.45, 2.75) is 0 Å². The summed E-state index contributed by atoms with van der Waals surface area (Å²) in [5, 5.41) is 0.453. The highest BCUT2D eigenvalue weighted by Crippen LogP contribution is 2.37. The lowest BCUT2D eigenvalue weighted by molar-refractivity contribution is 0.0999. The number of rotatable bonds is 1. The van der Waals surface area contributed by atoms with Gasteiger partial charge in [-0.05, 0) is 35.4 Å². The summed E-state index contributed by atoms with van der Waals surface area (Å²) in [5.41, 5.74) is 4.18. The summed E-state index contributed by atoms with van der Waals surface area (Å²) >= 11 is 6.27. The van der Waals surface area contributed by atoms with E-state index < -0.39 is 0 Å². The van der Waals surface area contributed by atoms with Gasteiger partial charge in [-0.1, -0.05) is 72.3 Å². The third kappa shape index (κ3) is 2.41. The zero-order chi connectivity index (χ0) is 16.5. The maximum absolute atomic E-state index is 13.3. The molecule has 1 aliphatic rings. The fraction of sp³-hybridized carbons (Fsp3) is 0. The fourth-order valence-corrected chi connectivity index (χ4v) is 3.16. The van der Waals surface area contributed by atoms with Crippen molar-refractivity contribution in [3.63, 3.8) is 0 Å². The molecule has 0 aromatic heterocycles. The molecule has 0 unspecified atom stereocenters. The zero-order valence-corrected chi connectivity index (χ0v) is 13.6. The molecule has 24 heavy (non-hydrogen) atoms. The Morgan fingerprint density at radius 3 is 1.79 bits per heavy atom. The number of carbonyl (C=O) groups excluding carboxylic acids is 1. The van der Waals surface area contributed by atoms with Gasteiger partial charge in [0, 0.05) is 0 Å². The van der Waals surface area contributed by atoms with Crippen LogP contribution >= 0.6 is 11.6 Å². The van der Waals surface area contributed by atoms with Crippen LogP contribution in [0.15, 0.2) is 72.8 Å². The summed E-state index contributed by atoms with van der Waals surface area (Å²) in [6, 6.07) is 22.9. The largest absolute Gasteiger partial charge is 0.276 e. The number of halogens is 1. The summed E-state index contributed by atoms with van der Waals surface area (Å²) in [6.07, 6.45) is 4.07. The van der Waals surface area contributed by atoms with Crippen LogP contribution in [0, 0.1) is 0 Å². The number of para-hydroxylation sites is 2. The number of hydrogen-bond donors (Lipinski definition) is 0. The number of benzene rings is 3. The number of nitrogens with zero attached hydrogens (tertiary/aromatic N) is 1. The molecular formula is C21H14ClNO. The van der Waals surface area contributed by atoms with Crippen LogP contribution in [0.5, 0.6) is 0 Å². The first-order chi connectivity index (χ1) is 11.8. The molecule has 0 atom stereocenters. The fourth-order valence-electron chi connectivity index (χ4n) is 2.95. The van der Waals surface area contributed by atoms with E-state index in [2.05, 4.69) is 0 Å². The standard InChI is InChI=1S/C21H14ClNO/c22-18-10-4-3-9-17(18)21(24)23-19-11-5-1-7-15(19)13-14-16-8-2-6-12-20(16)23/h1-14H. The number of amides is 1. The van der Waals surface area contributed by atoms with Crippen LogP contribution in [0.4, 0.5) is 11.4 Å². The van der Waals surface area contributed by atoms with Crippen LogP contribution in [0.2, 0.25) is 5.02 Å². The monoisotopic (exact) mass is 331 g/mol. The van der Waals surface area contributed by atoms with E-state index in [0.29, 0.717) is 10.6 Å². The smallest absolute Gasteiger partial charge is 0.264 e. The van der Waals surface area contributed by atoms with Crippen LogP contribution in [0.1, 0.15) is 21.5 Å². The van der Waals surface area contributed by atoms with Crippen molar-refractivity contribution in [3.05, 3.63) is 94.5 Å². The Labute approximate surface area is 145 Å². The molecule has 0 bridgehead atoms. The average molecular weight is 332 g/mol. The summed E-state index contributed by atoms with van der Waals surface area (Å²) in [4.78, 5) is 15.1. The zero-order valence-electron chi connectivity index (χ0n) is 12.8. The van der Waals surface area contributed by atoms with Crippen LogP contribution in [0.3, 0.4) is 0 Å². The molecule has 1 aliphatic heterocycles. The van der Waals surface area contributed by atoms with Crippen LogP contribution in [-0.4, -0.2) is 5.91 Å². The van der Waals surface area contributed by atoms with E-state index >= 15 is 0 Å². The second kappa shape index (κ2) is 5.99. The molecule has 2 nitrogen and oxygen atoms in total. The van der Waals surface area contributed by atoms with E-state index in [4.69, 9.17) is 11.6 Å². The van der Waals surface area contributed by atoms with Gasteiger partial charge in [0.2, 0.25) is 0 Å². The van der Waals surface area contributed by atoms with E-state index in [1.165, 1.54) is 0 Å². The van der Waals surface area contributed by atoms with Gasteiger partial charge in [-0.15, -0.1) is 0 Å². The van der Waals surface area contributed by atoms with Gasteiger partial charge >= 0.3 is 0 Å². The van der Waals surface area contributed by atoms with Gasteiger partial charge in [-0.2, -0.15) is 0 Å². The number of anilines is 2. The highest BCUT2D eigenvalue weighted by atomic mass is 35.5. The Morgan fingerprint density at radius 1 is 0.708 bits per heavy atom. The van der Waals surface area contributed by atoms with E-state index in [0.717, 1.165) is 22.5 Å². The molecule has 0 saturated heterocycles. The molecule has 1 heterocycles. The first kappa shape index (κ1) is 14.7. The molecule has 1 amide bonds. The molecule has 4 rings (SSSR count). The number of fused-ring (bicyclic) bond motifs is 2. The predicted octanol–water partition coefficient (Wildman–Crippen LogP) is 5.80. The van der Waals surface area contributed by atoms with Crippen LogP contribution in [-0.2, 0) is 0 Å².